The molecule has 14 nitrogen and oxygen atoms in total. The number of nitrogens with one attached hydrogen (secondary N) is 1. The van der Waals surface area contributed by atoms with Gasteiger partial charge < -0.3 is 15.4 Å². The van der Waals surface area contributed by atoms with Crippen LogP contribution in [0.4, 0.5) is 15.9 Å². The quantitative estimate of drug-likeness (QED) is 0.184. The number of aromatic nitrogens is 4. The van der Waals surface area contributed by atoms with Gasteiger partial charge in [-0.05, 0) is 100 Å². The zero-order valence-electron chi connectivity index (χ0n) is 32.3. The lowest BCUT2D eigenvalue weighted by Gasteiger charge is -2.47. The number of hydrogen-bond donors (Lipinski definition) is 2. The molecule has 5 heterocycles. The standard InChI is InChI=1S/C43H44FN9O5/c1-24-20-50(21-25(2)51(24)35-19-32-31(18-33(35)44)42(56)52(43(32)57)34-16-17-36(54)48-41(34)55)22-26-8-12-28(13-9-26)53-40-37(39(45)46-23-47-40)38(49-53)27-10-14-30(15-11-27)58-29-6-4-3-5-7-29/h3-7,10-11,14-15,18-19,23-26,28,34H,8-9,12-13,16-17,20-22H2,1-2H3,(H2,45,46,47)(H,48,54,55). The van der Waals surface area contributed by atoms with Gasteiger partial charge in [0.15, 0.2) is 5.65 Å². The zero-order valence-corrected chi connectivity index (χ0v) is 32.3. The summed E-state index contributed by atoms with van der Waals surface area (Å²) < 4.78 is 23.9. The lowest BCUT2D eigenvalue weighted by Crippen LogP contribution is -2.58. The number of halogens is 1. The second kappa shape index (κ2) is 14.9. The SMILES string of the molecule is CC1CN(CC2CCC(n3nc(-c4ccc(Oc5ccccc5)cc4)c4c(N)ncnc43)CC2)CC(C)N1c1cc2c(cc1F)C(=O)N(C1CCC(=O)NC1=O)C2=O. The van der Waals surface area contributed by atoms with Crippen molar-refractivity contribution in [1.29, 1.82) is 0 Å². The number of anilines is 2. The van der Waals surface area contributed by atoms with Crippen LogP contribution in [-0.2, 0) is 9.59 Å². The van der Waals surface area contributed by atoms with Crippen molar-refractivity contribution < 1.29 is 28.3 Å². The van der Waals surface area contributed by atoms with Crippen molar-refractivity contribution in [2.45, 2.75) is 76.5 Å². The molecule has 0 radical (unpaired) electrons. The fraction of sp³-hybridized carbons (Fsp3) is 0.372. The van der Waals surface area contributed by atoms with E-state index in [0.717, 1.165) is 77.0 Å². The summed E-state index contributed by atoms with van der Waals surface area (Å²) in [7, 11) is 0. The Balaban J connectivity index is 0.850. The first-order valence-electron chi connectivity index (χ1n) is 19.9. The lowest BCUT2D eigenvalue weighted by molar-refractivity contribution is -0.136. The summed E-state index contributed by atoms with van der Waals surface area (Å²) in [5.74, 6) is -0.774. The van der Waals surface area contributed by atoms with Crippen LogP contribution in [-0.4, -0.2) is 90.9 Å². The van der Waals surface area contributed by atoms with Crippen molar-refractivity contribution in [3.05, 3.63) is 90.0 Å². The van der Waals surface area contributed by atoms with E-state index in [1.807, 2.05) is 78.0 Å². The molecule has 2 aromatic heterocycles. The highest BCUT2D eigenvalue weighted by Gasteiger charge is 2.46. The molecule has 1 saturated carbocycles. The van der Waals surface area contributed by atoms with E-state index in [2.05, 4.69) is 20.2 Å². The maximum atomic E-state index is 15.8. The summed E-state index contributed by atoms with van der Waals surface area (Å²) in [4.78, 5) is 65.2. The van der Waals surface area contributed by atoms with Crippen LogP contribution in [0.25, 0.3) is 22.3 Å². The normalized spacial score (nSPS) is 24.0. The molecule has 4 aliphatic rings. The molecule has 3 unspecified atom stereocenters. The van der Waals surface area contributed by atoms with Gasteiger partial charge in [0.05, 0.1) is 28.2 Å². The minimum absolute atomic E-state index is 0.0140. The van der Waals surface area contributed by atoms with Crippen molar-refractivity contribution in [3.63, 3.8) is 0 Å². The van der Waals surface area contributed by atoms with Gasteiger partial charge in [-0.15, -0.1) is 0 Å². The second-order valence-electron chi connectivity index (χ2n) is 16.0. The molecule has 3 fully saturated rings. The Labute approximate surface area is 334 Å². The number of imide groups is 2. The van der Waals surface area contributed by atoms with E-state index in [1.54, 1.807) is 0 Å². The third kappa shape index (κ3) is 6.72. The predicted molar refractivity (Wildman–Crippen MR) is 214 cm³/mol. The fourth-order valence-electron chi connectivity index (χ4n) is 9.43. The predicted octanol–water partition coefficient (Wildman–Crippen LogP) is 5.74. The second-order valence-corrected chi connectivity index (χ2v) is 16.0. The average Bonchev–Trinajstić information content (AvgIpc) is 3.71. The van der Waals surface area contributed by atoms with Crippen molar-refractivity contribution in [2.75, 3.05) is 30.3 Å². The zero-order chi connectivity index (χ0) is 40.2. The summed E-state index contributed by atoms with van der Waals surface area (Å²) in [6.07, 6.45) is 5.43. The number of carbonyl (C=O) groups excluding carboxylic acids is 4. The maximum absolute atomic E-state index is 15.8. The van der Waals surface area contributed by atoms with Gasteiger partial charge in [-0.1, -0.05) is 18.2 Å². The van der Waals surface area contributed by atoms with Gasteiger partial charge >= 0.3 is 0 Å². The number of ether oxygens (including phenoxy) is 1. The van der Waals surface area contributed by atoms with E-state index < -0.39 is 35.5 Å². The topological polar surface area (TPSA) is 169 Å². The van der Waals surface area contributed by atoms with Crippen LogP contribution < -0.4 is 20.7 Å². The summed E-state index contributed by atoms with van der Waals surface area (Å²) in [5, 5.41) is 8.04. The van der Waals surface area contributed by atoms with E-state index in [9.17, 15) is 19.2 Å². The van der Waals surface area contributed by atoms with Gasteiger partial charge in [-0.3, -0.25) is 34.3 Å². The van der Waals surface area contributed by atoms with Crippen molar-refractivity contribution in [1.82, 2.24) is 34.9 Å². The van der Waals surface area contributed by atoms with Crippen LogP contribution in [0.5, 0.6) is 11.5 Å². The largest absolute Gasteiger partial charge is 0.457 e. The molecule has 5 aromatic rings. The highest BCUT2D eigenvalue weighted by Crippen LogP contribution is 2.40. The first kappa shape index (κ1) is 37.4. The number of nitrogen functional groups attached to an aromatic ring is 1. The minimum atomic E-state index is -1.11. The Morgan fingerprint density at radius 2 is 1.52 bits per heavy atom. The van der Waals surface area contributed by atoms with Crippen LogP contribution in [0.15, 0.2) is 73.1 Å². The molecule has 3 aromatic carbocycles. The number of rotatable bonds is 8. The number of nitrogens with zero attached hydrogens (tertiary/aromatic N) is 7. The molecular weight excluding hydrogens is 742 g/mol. The molecule has 0 bridgehead atoms. The summed E-state index contributed by atoms with van der Waals surface area (Å²) in [5.41, 5.74) is 9.07. The summed E-state index contributed by atoms with van der Waals surface area (Å²) >= 11 is 0. The van der Waals surface area contributed by atoms with E-state index in [-0.39, 0.29) is 47.8 Å². The van der Waals surface area contributed by atoms with E-state index in [0.29, 0.717) is 24.8 Å². The molecular formula is C43H44FN9O5. The van der Waals surface area contributed by atoms with Gasteiger partial charge in [0.2, 0.25) is 11.8 Å². The van der Waals surface area contributed by atoms with E-state index in [1.165, 1.54) is 12.4 Å². The molecule has 15 heteroatoms. The molecule has 298 valence electrons. The first-order valence-corrected chi connectivity index (χ1v) is 19.9. The summed E-state index contributed by atoms with van der Waals surface area (Å²) in [6, 6.07) is 18.9. The van der Waals surface area contributed by atoms with E-state index >= 15 is 4.39 Å². The Morgan fingerprint density at radius 1 is 0.845 bits per heavy atom. The molecule has 3 atom stereocenters. The minimum Gasteiger partial charge on any atom is -0.457 e. The molecule has 3 aliphatic heterocycles. The number of fused-ring (bicyclic) bond motifs is 2. The Morgan fingerprint density at radius 3 is 2.21 bits per heavy atom. The highest BCUT2D eigenvalue weighted by molar-refractivity contribution is 6.23. The number of nitrogens with two attached hydrogens (primary N) is 1. The number of para-hydroxylation sites is 1. The fourth-order valence-corrected chi connectivity index (χ4v) is 9.43. The van der Waals surface area contributed by atoms with Gasteiger partial charge in [-0.25, -0.2) is 19.0 Å². The number of hydrogen-bond acceptors (Lipinski definition) is 11. The molecule has 0 spiro atoms. The Kier molecular flexibility index (Phi) is 9.62. The van der Waals surface area contributed by atoms with Crippen LogP contribution in [0.1, 0.15) is 79.1 Å². The lowest BCUT2D eigenvalue weighted by atomic mass is 9.85. The molecule has 1 aliphatic carbocycles. The number of benzene rings is 3. The van der Waals surface area contributed by atoms with Crippen LogP contribution in [0.3, 0.4) is 0 Å². The van der Waals surface area contributed by atoms with Crippen LogP contribution in [0, 0.1) is 11.7 Å². The van der Waals surface area contributed by atoms with Crippen molar-refractivity contribution in [3.8, 4) is 22.8 Å². The number of piperazine rings is 1. The Bertz CT molecular complexity index is 2420. The van der Waals surface area contributed by atoms with Gasteiger partial charge in [0.1, 0.15) is 41.2 Å². The Hall–Kier alpha value is -6.22. The number of carbonyl (C=O) groups is 4. The van der Waals surface area contributed by atoms with Crippen molar-refractivity contribution in [2.24, 2.45) is 5.92 Å². The monoisotopic (exact) mass is 785 g/mol. The highest BCUT2D eigenvalue weighted by atomic mass is 19.1. The third-order valence-electron chi connectivity index (χ3n) is 12.1. The molecule has 9 rings (SSSR count). The first-order chi connectivity index (χ1) is 28.0. The third-order valence-corrected chi connectivity index (χ3v) is 12.1. The van der Waals surface area contributed by atoms with Gasteiger partial charge in [0, 0.05) is 43.7 Å². The molecule has 4 amide bonds. The van der Waals surface area contributed by atoms with Crippen LogP contribution >= 0.6 is 0 Å². The smallest absolute Gasteiger partial charge is 0.262 e. The van der Waals surface area contributed by atoms with E-state index in [4.69, 9.17) is 15.6 Å². The number of piperidine rings is 1. The summed E-state index contributed by atoms with van der Waals surface area (Å²) in [6.45, 7) is 6.41. The van der Waals surface area contributed by atoms with Gasteiger partial charge in [0.25, 0.3) is 11.8 Å². The van der Waals surface area contributed by atoms with Crippen LogP contribution in [0.2, 0.25) is 0 Å². The molecule has 2 saturated heterocycles. The van der Waals surface area contributed by atoms with Crippen molar-refractivity contribution >= 4 is 46.2 Å². The maximum Gasteiger partial charge on any atom is 0.262 e. The molecule has 3 N–H and O–H groups in total. The van der Waals surface area contributed by atoms with Gasteiger partial charge in [-0.2, -0.15) is 5.10 Å². The number of amides is 4. The molecule has 58 heavy (non-hydrogen) atoms. The average molecular weight is 786 g/mol.